The molecular weight excluding hydrogens is 375 g/mol. The molecule has 0 bridgehead atoms. The minimum atomic E-state index is -1.04. The number of carbonyl (C=O) groups excluding carboxylic acids is 2. The smallest absolute Gasteiger partial charge is 0.413 e. The quantitative estimate of drug-likeness (QED) is 0.538. The van der Waals surface area contributed by atoms with Gasteiger partial charge in [-0.2, -0.15) is 0 Å². The van der Waals surface area contributed by atoms with Gasteiger partial charge in [-0.3, -0.25) is 9.69 Å². The SMILES string of the molecule is CN(C)/C=C/C(=O)c1ccc(C2OC(C)(C)N(C(=O)OC(C)(C)C)C2CF)cc1. The lowest BCUT2D eigenvalue weighted by molar-refractivity contribution is -0.0797. The molecule has 1 aliphatic heterocycles. The monoisotopic (exact) mass is 406 g/mol. The van der Waals surface area contributed by atoms with Gasteiger partial charge in [-0.05, 0) is 40.2 Å². The van der Waals surface area contributed by atoms with Gasteiger partial charge in [0.25, 0.3) is 0 Å². The topological polar surface area (TPSA) is 59.1 Å². The molecule has 1 amide bonds. The third kappa shape index (κ3) is 5.56. The third-order valence-corrected chi connectivity index (χ3v) is 4.47. The van der Waals surface area contributed by atoms with Crippen molar-refractivity contribution in [3.63, 3.8) is 0 Å². The molecule has 1 aliphatic rings. The highest BCUT2D eigenvalue weighted by atomic mass is 19.1. The van der Waals surface area contributed by atoms with Crippen LogP contribution in [0.4, 0.5) is 9.18 Å². The lowest BCUT2D eigenvalue weighted by Crippen LogP contribution is -2.50. The normalized spacial score (nSPS) is 21.4. The fourth-order valence-corrected chi connectivity index (χ4v) is 3.24. The van der Waals surface area contributed by atoms with Gasteiger partial charge in [0.1, 0.15) is 24.1 Å². The van der Waals surface area contributed by atoms with Crippen molar-refractivity contribution < 1.29 is 23.5 Å². The maximum absolute atomic E-state index is 14.0. The molecule has 2 rings (SSSR count). The summed E-state index contributed by atoms with van der Waals surface area (Å²) in [6.45, 7) is 7.93. The van der Waals surface area contributed by atoms with Crippen LogP contribution in [0, 0.1) is 0 Å². The van der Waals surface area contributed by atoms with Crippen molar-refractivity contribution in [2.75, 3.05) is 20.8 Å². The number of rotatable bonds is 5. The Bertz CT molecular complexity index is 766. The molecule has 0 saturated carbocycles. The summed E-state index contributed by atoms with van der Waals surface area (Å²) >= 11 is 0. The van der Waals surface area contributed by atoms with Crippen LogP contribution in [0.1, 0.15) is 56.6 Å². The number of hydrogen-bond acceptors (Lipinski definition) is 5. The van der Waals surface area contributed by atoms with Crippen LogP contribution < -0.4 is 0 Å². The van der Waals surface area contributed by atoms with Crippen LogP contribution in [0.25, 0.3) is 0 Å². The summed E-state index contributed by atoms with van der Waals surface area (Å²) < 4.78 is 25.5. The molecule has 29 heavy (non-hydrogen) atoms. The Morgan fingerprint density at radius 1 is 1.24 bits per heavy atom. The van der Waals surface area contributed by atoms with Crippen LogP contribution in [0.5, 0.6) is 0 Å². The Morgan fingerprint density at radius 3 is 2.31 bits per heavy atom. The largest absolute Gasteiger partial charge is 0.444 e. The van der Waals surface area contributed by atoms with E-state index < -0.39 is 36.2 Å². The Balaban J connectivity index is 2.26. The summed E-state index contributed by atoms with van der Waals surface area (Å²) in [5, 5.41) is 0. The van der Waals surface area contributed by atoms with Crippen molar-refractivity contribution in [2.24, 2.45) is 0 Å². The summed E-state index contributed by atoms with van der Waals surface area (Å²) in [6.07, 6.45) is 1.88. The van der Waals surface area contributed by atoms with Crippen molar-refractivity contribution in [3.05, 3.63) is 47.7 Å². The summed E-state index contributed by atoms with van der Waals surface area (Å²) in [4.78, 5) is 28.0. The molecule has 0 aromatic heterocycles. The molecule has 1 heterocycles. The van der Waals surface area contributed by atoms with Crippen LogP contribution in [-0.4, -0.2) is 59.8 Å². The van der Waals surface area contributed by atoms with E-state index in [9.17, 15) is 14.0 Å². The molecule has 2 atom stereocenters. The standard InChI is InChI=1S/C22H31FN2O4/c1-21(2,3)29-20(27)25-17(14-23)19(28-22(25,4)5)16-10-8-15(9-11-16)18(26)12-13-24(6)7/h8-13,17,19H,14H2,1-7H3/b13-12+. The van der Waals surface area contributed by atoms with E-state index in [0.29, 0.717) is 11.1 Å². The maximum atomic E-state index is 14.0. The first-order valence-corrected chi connectivity index (χ1v) is 9.61. The highest BCUT2D eigenvalue weighted by molar-refractivity contribution is 6.04. The fraction of sp³-hybridized carbons (Fsp3) is 0.545. The number of hydrogen-bond donors (Lipinski definition) is 0. The van der Waals surface area contributed by atoms with Gasteiger partial charge in [0.05, 0.1) is 6.04 Å². The highest BCUT2D eigenvalue weighted by Gasteiger charge is 2.51. The number of amides is 1. The Hall–Kier alpha value is -2.41. The zero-order valence-corrected chi connectivity index (χ0v) is 18.2. The van der Waals surface area contributed by atoms with Gasteiger partial charge in [-0.25, -0.2) is 9.18 Å². The molecule has 1 fully saturated rings. The number of benzene rings is 1. The number of halogens is 1. The highest BCUT2D eigenvalue weighted by Crippen LogP contribution is 2.42. The number of nitrogens with zero attached hydrogens (tertiary/aromatic N) is 2. The van der Waals surface area contributed by atoms with E-state index in [0.717, 1.165) is 0 Å². The average molecular weight is 406 g/mol. The molecule has 2 unspecified atom stereocenters. The van der Waals surface area contributed by atoms with Gasteiger partial charge in [-0.1, -0.05) is 24.3 Å². The molecule has 1 aromatic carbocycles. The molecule has 7 heteroatoms. The van der Waals surface area contributed by atoms with Crippen molar-refractivity contribution in [1.29, 1.82) is 0 Å². The average Bonchev–Trinajstić information content (AvgIpc) is 2.88. The zero-order chi connectivity index (χ0) is 22.0. The van der Waals surface area contributed by atoms with Gasteiger partial charge in [-0.15, -0.1) is 0 Å². The molecule has 1 aromatic rings. The summed E-state index contributed by atoms with van der Waals surface area (Å²) in [5.74, 6) is -0.129. The molecule has 160 valence electrons. The van der Waals surface area contributed by atoms with Crippen molar-refractivity contribution in [2.45, 2.75) is 58.1 Å². The summed E-state index contributed by atoms with van der Waals surface area (Å²) in [7, 11) is 3.67. The van der Waals surface area contributed by atoms with Crippen molar-refractivity contribution in [1.82, 2.24) is 9.80 Å². The van der Waals surface area contributed by atoms with Crippen LogP contribution in [0.15, 0.2) is 36.5 Å². The third-order valence-electron chi connectivity index (χ3n) is 4.47. The number of allylic oxidation sites excluding steroid dienone is 1. The van der Waals surface area contributed by atoms with Gasteiger partial charge in [0, 0.05) is 31.9 Å². The first-order chi connectivity index (χ1) is 13.4. The van der Waals surface area contributed by atoms with Crippen molar-refractivity contribution in [3.8, 4) is 0 Å². The zero-order valence-electron chi connectivity index (χ0n) is 18.2. The Morgan fingerprint density at radius 2 is 1.83 bits per heavy atom. The van der Waals surface area contributed by atoms with Gasteiger partial charge < -0.3 is 14.4 Å². The Kier molecular flexibility index (Phi) is 6.73. The number of alkyl halides is 1. The maximum Gasteiger partial charge on any atom is 0.413 e. The lowest BCUT2D eigenvalue weighted by Gasteiger charge is -2.34. The van der Waals surface area contributed by atoms with E-state index in [-0.39, 0.29) is 5.78 Å². The van der Waals surface area contributed by atoms with Crippen LogP contribution in [-0.2, 0) is 9.47 Å². The second kappa shape index (κ2) is 8.53. The minimum Gasteiger partial charge on any atom is -0.444 e. The van der Waals surface area contributed by atoms with E-state index in [1.807, 2.05) is 14.1 Å². The summed E-state index contributed by atoms with van der Waals surface area (Å²) in [6, 6.07) is 6.01. The van der Waals surface area contributed by atoms with E-state index >= 15 is 0 Å². The molecule has 1 saturated heterocycles. The van der Waals surface area contributed by atoms with Crippen molar-refractivity contribution >= 4 is 11.9 Å². The summed E-state index contributed by atoms with van der Waals surface area (Å²) in [5.41, 5.74) is -0.522. The van der Waals surface area contributed by atoms with Gasteiger partial charge >= 0.3 is 6.09 Å². The van der Waals surface area contributed by atoms with E-state index in [4.69, 9.17) is 9.47 Å². The molecule has 0 aliphatic carbocycles. The number of ketones is 1. The Labute approximate surface area is 172 Å². The number of ether oxygens (including phenoxy) is 2. The minimum absolute atomic E-state index is 0.129. The second-order valence-electron chi connectivity index (χ2n) is 8.82. The van der Waals surface area contributed by atoms with Crippen LogP contribution >= 0.6 is 0 Å². The first-order valence-electron chi connectivity index (χ1n) is 9.61. The lowest BCUT2D eigenvalue weighted by atomic mass is 10.00. The van der Waals surface area contributed by atoms with Crippen LogP contribution in [0.3, 0.4) is 0 Å². The van der Waals surface area contributed by atoms with Gasteiger partial charge in [0.2, 0.25) is 0 Å². The van der Waals surface area contributed by atoms with Gasteiger partial charge in [0.15, 0.2) is 5.78 Å². The predicted molar refractivity (Wildman–Crippen MR) is 109 cm³/mol. The van der Waals surface area contributed by atoms with E-state index in [1.165, 1.54) is 11.0 Å². The molecule has 0 spiro atoms. The van der Waals surface area contributed by atoms with Crippen LogP contribution in [0.2, 0.25) is 0 Å². The number of carbonyl (C=O) groups is 2. The molecular formula is C22H31FN2O4. The van der Waals surface area contributed by atoms with E-state index in [2.05, 4.69) is 0 Å². The predicted octanol–water partition coefficient (Wildman–Crippen LogP) is 4.33. The molecule has 0 N–H and O–H groups in total. The fourth-order valence-electron chi connectivity index (χ4n) is 3.24. The molecule has 6 nitrogen and oxygen atoms in total. The van der Waals surface area contributed by atoms with E-state index in [1.54, 1.807) is 70.0 Å². The second-order valence-corrected chi connectivity index (χ2v) is 8.82. The first kappa shape index (κ1) is 22.9. The molecule has 0 radical (unpaired) electrons.